The van der Waals surface area contributed by atoms with Crippen LogP contribution in [0, 0.1) is 0 Å². The molecule has 1 nitrogen and oxygen atoms in total. The molecule has 0 fully saturated rings. The molecular weight excluding hydrogens is 350 g/mol. The van der Waals surface area contributed by atoms with Crippen LogP contribution < -0.4 is 4.90 Å². The summed E-state index contributed by atoms with van der Waals surface area (Å²) in [6.07, 6.45) is 0. The van der Waals surface area contributed by atoms with Crippen LogP contribution >= 0.6 is 0 Å². The van der Waals surface area contributed by atoms with Gasteiger partial charge in [-0.1, -0.05) is 84.9 Å². The van der Waals surface area contributed by atoms with Crippen LogP contribution in [0.3, 0.4) is 0 Å². The molecule has 0 N–H and O–H groups in total. The van der Waals surface area contributed by atoms with Gasteiger partial charge in [-0.2, -0.15) is 0 Å². The van der Waals surface area contributed by atoms with Crippen molar-refractivity contribution < 1.29 is 0 Å². The summed E-state index contributed by atoms with van der Waals surface area (Å²) < 4.78 is 0. The van der Waals surface area contributed by atoms with Gasteiger partial charge in [0.25, 0.3) is 0 Å². The molecule has 0 aliphatic heterocycles. The maximum atomic E-state index is 2.35. The molecule has 6 aromatic rings. The lowest BCUT2D eigenvalue weighted by atomic mass is 9.93. The highest BCUT2D eigenvalue weighted by Gasteiger charge is 2.17. The van der Waals surface area contributed by atoms with Crippen molar-refractivity contribution in [2.24, 2.45) is 0 Å². The Morgan fingerprint density at radius 2 is 0.897 bits per heavy atom. The first kappa shape index (κ1) is 16.1. The van der Waals surface area contributed by atoms with E-state index in [4.69, 9.17) is 0 Å². The van der Waals surface area contributed by atoms with Crippen LogP contribution in [0.4, 0.5) is 17.1 Å². The average molecular weight is 369 g/mol. The first-order chi connectivity index (χ1) is 14.4. The fourth-order valence-corrected chi connectivity index (χ4v) is 4.50. The summed E-state index contributed by atoms with van der Waals surface area (Å²) in [7, 11) is 0. The molecular formula is C28H19N. The second-order valence-electron chi connectivity index (χ2n) is 7.45. The molecule has 136 valence electrons. The van der Waals surface area contributed by atoms with Crippen molar-refractivity contribution in [2.75, 3.05) is 4.90 Å². The SMILES string of the molecule is c1ccc(N(c2ccccc2)c2ccc3ccc4cccc5ccc2c3c45)cc1. The topological polar surface area (TPSA) is 3.24 Å². The molecule has 0 amide bonds. The Morgan fingerprint density at radius 1 is 0.379 bits per heavy atom. The van der Waals surface area contributed by atoms with Gasteiger partial charge in [0, 0.05) is 16.8 Å². The van der Waals surface area contributed by atoms with E-state index in [1.54, 1.807) is 0 Å². The molecule has 0 unspecified atom stereocenters. The van der Waals surface area contributed by atoms with Crippen molar-refractivity contribution in [1.29, 1.82) is 0 Å². The molecule has 0 spiro atoms. The van der Waals surface area contributed by atoms with Crippen LogP contribution in [0.2, 0.25) is 0 Å². The predicted molar refractivity (Wildman–Crippen MR) is 125 cm³/mol. The van der Waals surface area contributed by atoms with Crippen LogP contribution in [0.1, 0.15) is 0 Å². The lowest BCUT2D eigenvalue weighted by Gasteiger charge is -2.27. The van der Waals surface area contributed by atoms with E-state index in [-0.39, 0.29) is 0 Å². The van der Waals surface area contributed by atoms with Gasteiger partial charge >= 0.3 is 0 Å². The Balaban J connectivity index is 1.72. The standard InChI is InChI=1S/C28H19N/c1-3-10-23(11-4-1)29(24-12-5-2-6-13-24)26-19-17-22-15-14-20-8-7-9-21-16-18-25(26)28(22)27(20)21/h1-19H. The van der Waals surface area contributed by atoms with Crippen molar-refractivity contribution in [1.82, 2.24) is 0 Å². The van der Waals surface area contributed by atoms with Crippen molar-refractivity contribution >= 4 is 49.4 Å². The molecule has 0 heterocycles. The first-order valence-electron chi connectivity index (χ1n) is 9.97. The number of nitrogens with zero attached hydrogens (tertiary/aromatic N) is 1. The summed E-state index contributed by atoms with van der Waals surface area (Å²) in [4.78, 5) is 2.35. The van der Waals surface area contributed by atoms with Gasteiger partial charge in [0.1, 0.15) is 0 Å². The molecule has 0 bridgehead atoms. The molecule has 29 heavy (non-hydrogen) atoms. The molecule has 6 rings (SSSR count). The number of hydrogen-bond acceptors (Lipinski definition) is 1. The van der Waals surface area contributed by atoms with Crippen molar-refractivity contribution in [2.45, 2.75) is 0 Å². The predicted octanol–water partition coefficient (Wildman–Crippen LogP) is 8.05. The summed E-state index contributed by atoms with van der Waals surface area (Å²) in [6, 6.07) is 41.3. The summed E-state index contributed by atoms with van der Waals surface area (Å²) in [5.41, 5.74) is 3.52. The minimum absolute atomic E-state index is 1.16. The highest BCUT2D eigenvalue weighted by molar-refractivity contribution is 6.25. The number of para-hydroxylation sites is 2. The van der Waals surface area contributed by atoms with E-state index in [9.17, 15) is 0 Å². The Hall–Kier alpha value is -3.84. The fourth-order valence-electron chi connectivity index (χ4n) is 4.50. The number of hydrogen-bond donors (Lipinski definition) is 0. The number of anilines is 3. The lowest BCUT2D eigenvalue weighted by molar-refractivity contribution is 1.30. The highest BCUT2D eigenvalue weighted by Crippen LogP contribution is 2.43. The van der Waals surface area contributed by atoms with E-state index in [0.717, 1.165) is 11.4 Å². The zero-order valence-electron chi connectivity index (χ0n) is 15.9. The van der Waals surface area contributed by atoms with Gasteiger partial charge in [0.05, 0.1) is 5.69 Å². The van der Waals surface area contributed by atoms with Crippen molar-refractivity contribution in [3.05, 3.63) is 115 Å². The monoisotopic (exact) mass is 369 g/mol. The van der Waals surface area contributed by atoms with Gasteiger partial charge in [-0.15, -0.1) is 0 Å². The second-order valence-corrected chi connectivity index (χ2v) is 7.45. The molecule has 0 aliphatic rings. The van der Waals surface area contributed by atoms with E-state index in [1.165, 1.54) is 38.0 Å². The Bertz CT molecular complexity index is 1380. The van der Waals surface area contributed by atoms with Crippen LogP contribution in [0.15, 0.2) is 115 Å². The molecule has 6 aromatic carbocycles. The largest absolute Gasteiger partial charge is 0.310 e. The summed E-state index contributed by atoms with van der Waals surface area (Å²) in [6.45, 7) is 0. The normalized spacial score (nSPS) is 11.4. The maximum absolute atomic E-state index is 2.35. The molecule has 0 aromatic heterocycles. The smallest absolute Gasteiger partial charge is 0.0540 e. The molecule has 0 aliphatic carbocycles. The Kier molecular flexibility index (Phi) is 3.54. The van der Waals surface area contributed by atoms with Gasteiger partial charge in [-0.25, -0.2) is 0 Å². The minimum Gasteiger partial charge on any atom is -0.310 e. The number of benzene rings is 6. The van der Waals surface area contributed by atoms with E-state index in [0.29, 0.717) is 0 Å². The third kappa shape index (κ3) is 2.48. The van der Waals surface area contributed by atoms with Gasteiger partial charge in [0.2, 0.25) is 0 Å². The summed E-state index contributed by atoms with van der Waals surface area (Å²) in [5.74, 6) is 0. The second kappa shape index (κ2) is 6.35. The summed E-state index contributed by atoms with van der Waals surface area (Å²) >= 11 is 0. The van der Waals surface area contributed by atoms with Gasteiger partial charge in [-0.05, 0) is 57.3 Å². The van der Waals surface area contributed by atoms with Crippen molar-refractivity contribution in [3.8, 4) is 0 Å². The van der Waals surface area contributed by atoms with Crippen molar-refractivity contribution in [3.63, 3.8) is 0 Å². The van der Waals surface area contributed by atoms with E-state index in [1.807, 2.05) is 0 Å². The quantitative estimate of drug-likeness (QED) is 0.285. The Morgan fingerprint density at radius 3 is 1.52 bits per heavy atom. The third-order valence-corrected chi connectivity index (χ3v) is 5.78. The van der Waals surface area contributed by atoms with Crippen LogP contribution in [-0.2, 0) is 0 Å². The average Bonchev–Trinajstić information content (AvgIpc) is 2.80. The zero-order chi connectivity index (χ0) is 19.2. The van der Waals surface area contributed by atoms with Gasteiger partial charge < -0.3 is 4.90 Å². The van der Waals surface area contributed by atoms with Gasteiger partial charge in [-0.3, -0.25) is 0 Å². The van der Waals surface area contributed by atoms with Gasteiger partial charge in [0.15, 0.2) is 0 Å². The molecule has 0 atom stereocenters. The molecule has 0 radical (unpaired) electrons. The molecule has 0 saturated heterocycles. The number of rotatable bonds is 3. The fraction of sp³-hybridized carbons (Fsp3) is 0. The van der Waals surface area contributed by atoms with E-state index in [2.05, 4.69) is 120 Å². The molecule has 1 heteroatoms. The van der Waals surface area contributed by atoms with Crippen LogP contribution in [-0.4, -0.2) is 0 Å². The first-order valence-corrected chi connectivity index (χ1v) is 9.97. The highest BCUT2D eigenvalue weighted by atomic mass is 15.1. The molecule has 0 saturated carbocycles. The Labute approximate surface area is 169 Å². The minimum atomic E-state index is 1.16. The zero-order valence-corrected chi connectivity index (χ0v) is 15.9. The maximum Gasteiger partial charge on any atom is 0.0540 e. The van der Waals surface area contributed by atoms with E-state index >= 15 is 0 Å². The summed E-state index contributed by atoms with van der Waals surface area (Å²) in [5, 5.41) is 7.85. The third-order valence-electron chi connectivity index (χ3n) is 5.78. The van der Waals surface area contributed by atoms with E-state index < -0.39 is 0 Å². The van der Waals surface area contributed by atoms with Crippen LogP contribution in [0.5, 0.6) is 0 Å². The lowest BCUT2D eigenvalue weighted by Crippen LogP contribution is -2.10. The van der Waals surface area contributed by atoms with Crippen LogP contribution in [0.25, 0.3) is 32.3 Å².